The van der Waals surface area contributed by atoms with Gasteiger partial charge in [0.25, 0.3) is 5.56 Å². The summed E-state index contributed by atoms with van der Waals surface area (Å²) in [7, 11) is 0. The van der Waals surface area contributed by atoms with E-state index >= 15 is 0 Å². The van der Waals surface area contributed by atoms with Gasteiger partial charge >= 0.3 is 0 Å². The molecule has 0 saturated carbocycles. The SMILES string of the molecule is O=C(Nc1cnccn1)C1CCN(Cc2cc(=O)n3c(-c4ccccc4)csc3n2)CC1. The van der Waals surface area contributed by atoms with Crippen LogP contribution in [-0.4, -0.2) is 43.2 Å². The molecule has 1 aliphatic heterocycles. The average Bonchev–Trinajstić information content (AvgIpc) is 3.25. The molecule has 0 unspecified atom stereocenters. The van der Waals surface area contributed by atoms with Crippen molar-refractivity contribution in [1.29, 1.82) is 0 Å². The number of benzene rings is 1. The number of amides is 1. The number of nitrogens with zero attached hydrogens (tertiary/aromatic N) is 5. The van der Waals surface area contributed by atoms with Gasteiger partial charge in [0.2, 0.25) is 5.91 Å². The van der Waals surface area contributed by atoms with E-state index in [0.717, 1.165) is 42.9 Å². The molecule has 3 aromatic heterocycles. The number of piperidine rings is 1. The number of fused-ring (bicyclic) bond motifs is 1. The van der Waals surface area contributed by atoms with Gasteiger partial charge in [-0.25, -0.2) is 9.97 Å². The Morgan fingerprint density at radius 2 is 1.97 bits per heavy atom. The third-order valence-electron chi connectivity index (χ3n) is 5.69. The first-order chi connectivity index (χ1) is 15.7. The van der Waals surface area contributed by atoms with Gasteiger partial charge in [-0.15, -0.1) is 11.3 Å². The molecule has 1 fully saturated rings. The highest BCUT2D eigenvalue weighted by atomic mass is 32.1. The minimum atomic E-state index is -0.0664. The van der Waals surface area contributed by atoms with Crippen molar-refractivity contribution in [2.75, 3.05) is 18.4 Å². The van der Waals surface area contributed by atoms with E-state index in [1.165, 1.54) is 11.3 Å². The number of anilines is 1. The highest BCUT2D eigenvalue weighted by molar-refractivity contribution is 7.15. The molecular formula is C23H22N6O2S. The van der Waals surface area contributed by atoms with Gasteiger partial charge in [0.1, 0.15) is 0 Å². The highest BCUT2D eigenvalue weighted by Gasteiger charge is 2.25. The Hall–Kier alpha value is -3.43. The van der Waals surface area contributed by atoms with Gasteiger partial charge in [-0.05, 0) is 31.5 Å². The van der Waals surface area contributed by atoms with Gasteiger partial charge in [0.15, 0.2) is 10.8 Å². The lowest BCUT2D eigenvalue weighted by Gasteiger charge is -2.30. The summed E-state index contributed by atoms with van der Waals surface area (Å²) < 4.78 is 1.67. The summed E-state index contributed by atoms with van der Waals surface area (Å²) >= 11 is 1.47. The van der Waals surface area contributed by atoms with Crippen molar-refractivity contribution in [3.63, 3.8) is 0 Å². The van der Waals surface area contributed by atoms with Crippen molar-refractivity contribution in [3.8, 4) is 11.3 Å². The molecule has 1 aromatic carbocycles. The molecule has 1 saturated heterocycles. The van der Waals surface area contributed by atoms with E-state index < -0.39 is 0 Å². The fraction of sp³-hybridized carbons (Fsp3) is 0.261. The predicted octanol–water partition coefficient (Wildman–Crippen LogP) is 3.06. The Balaban J connectivity index is 1.24. The lowest BCUT2D eigenvalue weighted by molar-refractivity contribution is -0.121. The molecule has 9 heteroatoms. The smallest absolute Gasteiger partial charge is 0.259 e. The number of thiazole rings is 1. The van der Waals surface area contributed by atoms with Gasteiger partial charge < -0.3 is 5.32 Å². The molecule has 0 spiro atoms. The average molecular weight is 447 g/mol. The molecule has 0 aliphatic carbocycles. The third kappa shape index (κ3) is 4.30. The fourth-order valence-corrected chi connectivity index (χ4v) is 4.95. The molecule has 4 aromatic rings. The fourth-order valence-electron chi connectivity index (χ4n) is 4.03. The number of hydrogen-bond donors (Lipinski definition) is 1. The summed E-state index contributed by atoms with van der Waals surface area (Å²) in [5.41, 5.74) is 2.56. The van der Waals surface area contributed by atoms with E-state index in [4.69, 9.17) is 4.98 Å². The number of carbonyl (C=O) groups excluding carboxylic acids is 1. The number of likely N-dealkylation sites (tertiary alicyclic amines) is 1. The van der Waals surface area contributed by atoms with Crippen molar-refractivity contribution >= 4 is 28.0 Å². The van der Waals surface area contributed by atoms with Gasteiger partial charge in [0, 0.05) is 36.3 Å². The van der Waals surface area contributed by atoms with E-state index in [1.54, 1.807) is 29.1 Å². The van der Waals surface area contributed by atoms with Crippen LogP contribution in [0.1, 0.15) is 18.5 Å². The van der Waals surface area contributed by atoms with Crippen LogP contribution in [0.4, 0.5) is 5.82 Å². The van der Waals surface area contributed by atoms with Crippen LogP contribution in [0.2, 0.25) is 0 Å². The number of hydrogen-bond acceptors (Lipinski definition) is 7. The van der Waals surface area contributed by atoms with E-state index in [1.807, 2.05) is 35.7 Å². The first-order valence-electron chi connectivity index (χ1n) is 10.5. The molecule has 1 aliphatic rings. The van der Waals surface area contributed by atoms with Crippen LogP contribution in [0.25, 0.3) is 16.2 Å². The first-order valence-corrected chi connectivity index (χ1v) is 11.4. The second-order valence-electron chi connectivity index (χ2n) is 7.82. The maximum Gasteiger partial charge on any atom is 0.259 e. The van der Waals surface area contributed by atoms with Gasteiger partial charge in [-0.3, -0.25) is 23.9 Å². The summed E-state index contributed by atoms with van der Waals surface area (Å²) in [5, 5.41) is 4.81. The van der Waals surface area contributed by atoms with Crippen LogP contribution in [0, 0.1) is 5.92 Å². The molecule has 1 N–H and O–H groups in total. The molecule has 0 radical (unpaired) electrons. The van der Waals surface area contributed by atoms with Gasteiger partial charge in [-0.2, -0.15) is 0 Å². The van der Waals surface area contributed by atoms with Crippen LogP contribution < -0.4 is 10.9 Å². The zero-order valence-electron chi connectivity index (χ0n) is 17.3. The third-order valence-corrected chi connectivity index (χ3v) is 6.51. The Bertz CT molecular complexity index is 1280. The van der Waals surface area contributed by atoms with E-state index in [0.29, 0.717) is 17.3 Å². The molecule has 5 rings (SSSR count). The van der Waals surface area contributed by atoms with Crippen molar-refractivity contribution in [2.45, 2.75) is 19.4 Å². The molecular weight excluding hydrogens is 424 g/mol. The van der Waals surface area contributed by atoms with Crippen LogP contribution in [0.5, 0.6) is 0 Å². The van der Waals surface area contributed by atoms with E-state index in [-0.39, 0.29) is 17.4 Å². The van der Waals surface area contributed by atoms with Crippen LogP contribution in [0.3, 0.4) is 0 Å². The number of nitrogens with one attached hydrogen (secondary N) is 1. The van der Waals surface area contributed by atoms with Gasteiger partial charge in [0.05, 0.1) is 17.6 Å². The number of carbonyl (C=O) groups is 1. The summed E-state index contributed by atoms with van der Waals surface area (Å²) in [4.78, 5) is 41.1. The maximum atomic E-state index is 12.9. The zero-order chi connectivity index (χ0) is 21.9. The van der Waals surface area contributed by atoms with Crippen molar-refractivity contribution in [3.05, 3.63) is 76.4 Å². The molecule has 8 nitrogen and oxygen atoms in total. The summed E-state index contributed by atoms with van der Waals surface area (Å²) in [6.07, 6.45) is 6.18. The Kier molecular flexibility index (Phi) is 5.74. The van der Waals surface area contributed by atoms with Crippen LogP contribution in [-0.2, 0) is 11.3 Å². The highest BCUT2D eigenvalue weighted by Crippen LogP contribution is 2.24. The standard InChI is InChI=1S/C23H22N6O2S/c30-21-12-18(26-23-29(21)19(15-32-23)16-4-2-1-3-5-16)14-28-10-6-17(7-11-28)22(31)27-20-13-24-8-9-25-20/h1-5,8-9,12-13,15,17H,6-7,10-11,14H2,(H,25,27,31). The van der Waals surface area contributed by atoms with Crippen LogP contribution in [0.15, 0.2) is 65.2 Å². The Labute approximate surface area is 188 Å². The monoisotopic (exact) mass is 446 g/mol. The lowest BCUT2D eigenvalue weighted by Crippen LogP contribution is -2.38. The molecule has 0 atom stereocenters. The van der Waals surface area contributed by atoms with Crippen molar-refractivity contribution < 1.29 is 4.79 Å². The second kappa shape index (κ2) is 8.97. The molecule has 0 bridgehead atoms. The largest absolute Gasteiger partial charge is 0.309 e. The zero-order valence-corrected chi connectivity index (χ0v) is 18.2. The molecule has 1 amide bonds. The minimum absolute atomic E-state index is 0.0186. The number of aromatic nitrogens is 4. The minimum Gasteiger partial charge on any atom is -0.309 e. The lowest BCUT2D eigenvalue weighted by atomic mass is 9.96. The number of rotatable bonds is 5. The summed E-state index contributed by atoms with van der Waals surface area (Å²) in [6, 6.07) is 11.5. The Morgan fingerprint density at radius 1 is 1.16 bits per heavy atom. The molecule has 4 heterocycles. The summed E-state index contributed by atoms with van der Waals surface area (Å²) in [5.74, 6) is 0.402. The van der Waals surface area contributed by atoms with Gasteiger partial charge in [-0.1, -0.05) is 30.3 Å². The molecule has 162 valence electrons. The quantitative estimate of drug-likeness (QED) is 0.507. The first kappa shape index (κ1) is 20.5. The van der Waals surface area contributed by atoms with Crippen molar-refractivity contribution in [2.24, 2.45) is 5.92 Å². The topological polar surface area (TPSA) is 92.5 Å². The predicted molar refractivity (Wildman–Crippen MR) is 123 cm³/mol. The van der Waals surface area contributed by atoms with E-state index in [9.17, 15) is 9.59 Å². The van der Waals surface area contributed by atoms with Crippen LogP contribution >= 0.6 is 11.3 Å². The normalized spacial score (nSPS) is 15.1. The molecule has 32 heavy (non-hydrogen) atoms. The van der Waals surface area contributed by atoms with E-state index in [2.05, 4.69) is 20.2 Å². The maximum absolute atomic E-state index is 12.9. The second-order valence-corrected chi connectivity index (χ2v) is 8.66. The summed E-state index contributed by atoms with van der Waals surface area (Å²) in [6.45, 7) is 2.15. The van der Waals surface area contributed by atoms with Crippen molar-refractivity contribution in [1.82, 2.24) is 24.3 Å². The Morgan fingerprint density at radius 3 is 2.72 bits per heavy atom.